The van der Waals surface area contributed by atoms with E-state index in [1.807, 2.05) is 112 Å². The van der Waals surface area contributed by atoms with Crippen LogP contribution < -0.4 is 10.4 Å². The molecule has 784 valence electrons. The van der Waals surface area contributed by atoms with E-state index in [2.05, 4.69) is 240 Å². The third-order valence-corrected chi connectivity index (χ3v) is 89.1. The van der Waals surface area contributed by atoms with E-state index in [1.165, 1.54) is 11.1 Å². The van der Waals surface area contributed by atoms with Crippen LogP contribution in [0.1, 0.15) is 47.9 Å². The van der Waals surface area contributed by atoms with E-state index in [4.69, 9.17) is 65.8 Å². The molecule has 6 rings (SSSR count). The Hall–Kier alpha value is -1.61. The van der Waals surface area contributed by atoms with Crippen LogP contribution in [0, 0.1) is 0 Å². The predicted molar refractivity (Wildman–Crippen MR) is 594 cm³/mol. The molecule has 0 N–H and O–H groups in total. The Morgan fingerprint density at radius 2 is 0.358 bits per heavy atom. The van der Waals surface area contributed by atoms with Gasteiger partial charge in [-0.15, -0.1) is 0 Å². The molecule has 16 nitrogen and oxygen atoms in total. The maximum absolute atomic E-state index is 13.7. The third kappa shape index (κ3) is 61.1. The highest BCUT2D eigenvalue weighted by Crippen LogP contribution is 2.42. The van der Waals surface area contributed by atoms with E-state index in [-0.39, 0.29) is 0 Å². The van der Waals surface area contributed by atoms with Crippen LogP contribution >= 0.6 is 0 Å². The highest BCUT2D eigenvalue weighted by molar-refractivity contribution is 7.00. The van der Waals surface area contributed by atoms with Gasteiger partial charge in [0.15, 0.2) is 90.4 Å². The van der Waals surface area contributed by atoms with Crippen molar-refractivity contribution >= 4 is 195 Å². The van der Waals surface area contributed by atoms with Gasteiger partial charge in [-0.1, -0.05) is 182 Å². The van der Waals surface area contributed by atoms with Crippen molar-refractivity contribution in [1.82, 2.24) is 0 Å². The molecule has 0 aliphatic heterocycles. The molecule has 6 aromatic rings. The average Bonchev–Trinajstić information content (AvgIpc) is 0.768. The topological polar surface area (TPSA) is 148 Å². The first-order valence-corrected chi connectivity index (χ1v) is 104. The molecule has 6 aromatic carbocycles. The van der Waals surface area contributed by atoms with Crippen molar-refractivity contribution in [2.45, 2.75) is 334 Å². The Morgan fingerprint density at radius 3 is 0.562 bits per heavy atom. The van der Waals surface area contributed by atoms with E-state index in [9.17, 15) is 52.7 Å². The molecule has 0 heterocycles. The number of halogens is 12. The molecule has 0 atom stereocenters. The van der Waals surface area contributed by atoms with Crippen molar-refractivity contribution in [1.29, 1.82) is 0 Å². The van der Waals surface area contributed by atoms with Crippen LogP contribution in [0.5, 0.6) is 0 Å². The van der Waals surface area contributed by atoms with Crippen molar-refractivity contribution in [2.75, 3.05) is 0 Å². The first-order chi connectivity index (χ1) is 62.8. The van der Waals surface area contributed by atoms with Crippen molar-refractivity contribution in [3.63, 3.8) is 0 Å². The molecule has 0 fully saturated rings. The normalized spacial score (nSPS) is 13.5. The van der Waals surface area contributed by atoms with Gasteiger partial charge in [-0.25, -0.2) is 0 Å². The van der Waals surface area contributed by atoms with E-state index in [1.54, 1.807) is 39.3 Å². The maximum atomic E-state index is 13.7. The van der Waals surface area contributed by atoms with Crippen molar-refractivity contribution in [3.8, 4) is 0 Å². The van der Waals surface area contributed by atoms with Crippen LogP contribution in [0.2, 0.25) is 258 Å². The zero-order valence-electron chi connectivity index (χ0n) is 88.0. The lowest BCUT2D eigenvalue weighted by Crippen LogP contribution is -2.69. The fourth-order valence-corrected chi connectivity index (χ4v) is 101. The maximum Gasteiger partial charge on any atom is 0.389 e. The summed E-state index contributed by atoms with van der Waals surface area (Å²) in [6.45, 7) is 65.6. The molecule has 0 radical (unpaired) electrons. The van der Waals surface area contributed by atoms with Gasteiger partial charge in [0.2, 0.25) is 0 Å². The second-order valence-corrected chi connectivity index (χ2v) is 106. The van der Waals surface area contributed by atoms with Crippen molar-refractivity contribution in [2.24, 2.45) is 0 Å². The molecule has 0 bridgehead atoms. The summed E-state index contributed by atoms with van der Waals surface area (Å²) in [7, 11) is -45.0. The van der Waals surface area contributed by atoms with Crippen LogP contribution in [-0.4, -0.2) is 209 Å². The number of hydrogen-bond donors (Lipinski definition) is 0. The molecule has 0 spiro atoms. The average molecular weight is 2300 g/mol. The van der Waals surface area contributed by atoms with E-state index in [0.717, 1.165) is 46.4 Å². The lowest BCUT2D eigenvalue weighted by molar-refractivity contribution is -0.134. The smallest absolute Gasteiger partial charge is 0.389 e. The van der Waals surface area contributed by atoms with Crippen LogP contribution in [0.15, 0.2) is 182 Å². The molecular weight excluding hydrogens is 2130 g/mol. The molecule has 0 unspecified atom stereocenters. The lowest BCUT2D eigenvalue weighted by Gasteiger charge is -2.45. The van der Waals surface area contributed by atoms with Gasteiger partial charge in [0.05, 0.1) is 0 Å². The summed E-state index contributed by atoms with van der Waals surface area (Å²) in [5, 5.41) is 2.33. The lowest BCUT2D eigenvalue weighted by atomic mass is 10.2. The highest BCUT2D eigenvalue weighted by Gasteiger charge is 2.56. The van der Waals surface area contributed by atoms with E-state index >= 15 is 0 Å². The first-order valence-electron chi connectivity index (χ1n) is 48.3. The summed E-state index contributed by atoms with van der Waals surface area (Å²) in [5.41, 5.74) is 4.70. The van der Waals surface area contributed by atoms with Gasteiger partial charge in [-0.3, -0.25) is 0 Å². The minimum Gasteiger partial charge on any atom is -0.440 e. The Balaban J connectivity index is 0.000000601. The SMILES string of the molecule is C[SiH](C)O[Si](C)(C)O[Si](C)(C)O[SiH](C)C.C[SiH](C)O[Si](C)(C)O[Si](CCC(F)(F)F)(CCC(F)(F)F)O[SiH](C)C.C[SiH](C)O[Si](C)(C)O[Si](CCc1ccccc1)(CCc1ccccc1)O[SiH](C)C.C[SiH](C)O[Si](C)(C)O[Si](CCc1ccccc1)(CCc1ccccc1)O[Si](CCC(F)(F)F)(CCC(F)(F)F)O[SiH](C)C.C[SiH](C)O[Si](C)(C)O[Si](O[SiH](C)C)(c1ccccc1)c1ccccc1. The molecular formula is C88H168F12O16Si21. The van der Waals surface area contributed by atoms with E-state index in [0.29, 0.717) is 24.9 Å². The second-order valence-electron chi connectivity index (χ2n) is 40.1. The van der Waals surface area contributed by atoms with Gasteiger partial charge in [-0.05, 0) is 316 Å². The van der Waals surface area contributed by atoms with Crippen LogP contribution in [-0.2, 0) is 91.5 Å². The second kappa shape index (κ2) is 60.8. The van der Waals surface area contributed by atoms with E-state index < -0.39 is 259 Å². The quantitative estimate of drug-likeness (QED) is 0.0263. The molecule has 0 saturated heterocycles. The summed E-state index contributed by atoms with van der Waals surface area (Å²) >= 11 is 0. The Labute approximate surface area is 844 Å². The number of benzene rings is 6. The van der Waals surface area contributed by atoms with Crippen LogP contribution in [0.4, 0.5) is 52.7 Å². The van der Waals surface area contributed by atoms with Gasteiger partial charge in [0, 0.05) is 25.7 Å². The summed E-state index contributed by atoms with van der Waals surface area (Å²) < 4.78 is 261. The number of rotatable bonds is 54. The summed E-state index contributed by atoms with van der Waals surface area (Å²) in [5.74, 6) is 0. The largest absolute Gasteiger partial charge is 0.440 e. The molecule has 49 heteroatoms. The zero-order chi connectivity index (χ0) is 105. The van der Waals surface area contributed by atoms with Crippen molar-refractivity contribution < 1.29 is 119 Å². The molecule has 0 aliphatic rings. The van der Waals surface area contributed by atoms with Crippen LogP contribution in [0.3, 0.4) is 0 Å². The number of hydrogen-bond acceptors (Lipinski definition) is 16. The minimum absolute atomic E-state index is 0.360. The molecule has 0 aromatic heterocycles. The fourth-order valence-electron chi connectivity index (χ4n) is 16.3. The molecule has 0 saturated carbocycles. The first kappa shape index (κ1) is 131. The standard InChI is InChI=1S/C28H46F6O4Si5.C22H38O3Si4.C18H30O3Si4.C12H28F6O3Si4.C8H26O3Si4/c1-39(2)35-41(5,6)37-43(21-17-25-13-9-7-10-14-25,22-18-26-15-11-8-12-16-26)38-42(36-40(3)4,23-19-27(29,30)31)24-20-28(32,33)34;1-26(2)23-28(5,6)25-29(24-27(3)4,19-17-21-13-9-7-10-14-21)20-18-22-15-11-8-12-16-22;1-22(2)19-24(5,6)21-25(20-23(3)4,17-13-9-7-10-14-17)18-15-11-8-12-16-18;1-22(2)19-24(5,6)21-25(20-23(3)4,9-7-11(13,14)15)10-8-12(16,17)18;1-12(2)9-14(5,6)11-15(7,8)10-13(3)4/h7-16,39-40H,17-24H2,1-6H3;7-16,26-27H,17-20H2,1-6H3;7-16,22-23H,1-6H3;22-23H,7-10H2,1-6H3;12-13H,1-8H3. The Bertz CT molecular complexity index is 4020. The monoisotopic (exact) mass is 2300 g/mol. The fraction of sp³-hybridized carbons (Fsp3) is 0.591. The summed E-state index contributed by atoms with van der Waals surface area (Å²) in [6, 6.07) is 62.0. The molecule has 0 amide bonds. The van der Waals surface area contributed by atoms with Gasteiger partial charge in [0.1, 0.15) is 0 Å². The third-order valence-electron chi connectivity index (χ3n) is 19.4. The molecule has 137 heavy (non-hydrogen) atoms. The van der Waals surface area contributed by atoms with Gasteiger partial charge >= 0.3 is 119 Å². The zero-order valence-corrected chi connectivity index (χ0v) is 111. The predicted octanol–water partition coefficient (Wildman–Crippen LogP) is 25.0. The van der Waals surface area contributed by atoms with Gasteiger partial charge in [-0.2, -0.15) is 52.7 Å². The Kier molecular flexibility index (Phi) is 58.3. The minimum atomic E-state index is -4.57. The van der Waals surface area contributed by atoms with Gasteiger partial charge in [0.25, 0.3) is 0 Å². The number of aryl methyl sites for hydroxylation is 4. The summed E-state index contributed by atoms with van der Waals surface area (Å²) in [4.78, 5) is 0. The summed E-state index contributed by atoms with van der Waals surface area (Å²) in [6.07, 6.45) is -20.0. The number of alkyl halides is 12. The Morgan fingerprint density at radius 1 is 0.190 bits per heavy atom. The van der Waals surface area contributed by atoms with Crippen LogP contribution in [0.25, 0.3) is 0 Å². The van der Waals surface area contributed by atoms with Gasteiger partial charge < -0.3 is 65.8 Å². The molecule has 0 aliphatic carbocycles. The van der Waals surface area contributed by atoms with Crippen molar-refractivity contribution in [3.05, 3.63) is 204 Å². The highest BCUT2D eigenvalue weighted by atomic mass is 28.5.